The van der Waals surface area contributed by atoms with Crippen molar-refractivity contribution >= 4 is 17.5 Å². The van der Waals surface area contributed by atoms with Gasteiger partial charge in [-0.3, -0.25) is 9.59 Å². The number of aryl methyl sites for hydroxylation is 1. The van der Waals surface area contributed by atoms with E-state index in [0.29, 0.717) is 31.1 Å². The van der Waals surface area contributed by atoms with E-state index in [1.165, 1.54) is 0 Å². The molecule has 7 heteroatoms. The minimum Gasteiger partial charge on any atom is -0.480 e. The third kappa shape index (κ3) is 4.47. The quantitative estimate of drug-likeness (QED) is 0.689. The SMILES string of the molecule is CCOC(=O)CCN(CC)C(=O)COc1cccn2cc(C)nc12. The van der Waals surface area contributed by atoms with Crippen LogP contribution in [0.3, 0.4) is 0 Å². The van der Waals surface area contributed by atoms with Crippen LogP contribution in [0.25, 0.3) is 5.65 Å². The molecule has 0 N–H and O–H groups in total. The molecule has 0 bridgehead atoms. The molecule has 0 aliphatic carbocycles. The zero-order valence-electron chi connectivity index (χ0n) is 14.3. The molecule has 0 aliphatic rings. The van der Waals surface area contributed by atoms with Gasteiger partial charge >= 0.3 is 5.97 Å². The number of hydrogen-bond acceptors (Lipinski definition) is 5. The molecule has 2 aromatic heterocycles. The first kappa shape index (κ1) is 17.8. The van der Waals surface area contributed by atoms with Crippen LogP contribution in [-0.2, 0) is 14.3 Å². The molecule has 0 atom stereocenters. The van der Waals surface area contributed by atoms with Gasteiger partial charge in [0.25, 0.3) is 5.91 Å². The fraction of sp³-hybridized carbons (Fsp3) is 0.471. The summed E-state index contributed by atoms with van der Waals surface area (Å²) in [5, 5.41) is 0. The van der Waals surface area contributed by atoms with Crippen LogP contribution >= 0.6 is 0 Å². The Hall–Kier alpha value is -2.57. The van der Waals surface area contributed by atoms with Crippen LogP contribution in [0.1, 0.15) is 26.0 Å². The highest BCUT2D eigenvalue weighted by atomic mass is 16.5. The van der Waals surface area contributed by atoms with Crippen LogP contribution in [0.2, 0.25) is 0 Å². The zero-order chi connectivity index (χ0) is 17.5. The van der Waals surface area contributed by atoms with E-state index in [0.717, 1.165) is 5.69 Å². The van der Waals surface area contributed by atoms with Crippen molar-refractivity contribution in [2.45, 2.75) is 27.2 Å². The number of esters is 1. The van der Waals surface area contributed by atoms with Crippen LogP contribution in [0, 0.1) is 6.92 Å². The molecular formula is C17H23N3O4. The standard InChI is InChI=1S/C17H23N3O4/c1-4-19(10-8-16(22)23-5-2)15(21)12-24-14-7-6-9-20-11-13(3)18-17(14)20/h6-7,9,11H,4-5,8,10,12H2,1-3H3. The van der Waals surface area contributed by atoms with Gasteiger partial charge in [-0.15, -0.1) is 0 Å². The van der Waals surface area contributed by atoms with Gasteiger partial charge in [0.1, 0.15) is 0 Å². The maximum atomic E-state index is 12.3. The van der Waals surface area contributed by atoms with E-state index in [2.05, 4.69) is 4.98 Å². The Morgan fingerprint density at radius 2 is 2.12 bits per heavy atom. The number of pyridine rings is 1. The third-order valence-electron chi connectivity index (χ3n) is 3.54. The largest absolute Gasteiger partial charge is 0.480 e. The summed E-state index contributed by atoms with van der Waals surface area (Å²) < 4.78 is 12.4. The van der Waals surface area contributed by atoms with Crippen molar-refractivity contribution in [2.24, 2.45) is 0 Å². The maximum Gasteiger partial charge on any atom is 0.307 e. The number of likely N-dealkylation sites (N-methyl/N-ethyl adjacent to an activating group) is 1. The fourth-order valence-corrected chi connectivity index (χ4v) is 2.37. The summed E-state index contributed by atoms with van der Waals surface area (Å²) in [4.78, 5) is 29.7. The van der Waals surface area contributed by atoms with Gasteiger partial charge in [0.15, 0.2) is 18.0 Å². The zero-order valence-corrected chi connectivity index (χ0v) is 14.3. The molecule has 0 aromatic carbocycles. The number of fused-ring (bicyclic) bond motifs is 1. The lowest BCUT2D eigenvalue weighted by Crippen LogP contribution is -2.36. The highest BCUT2D eigenvalue weighted by molar-refractivity contribution is 5.79. The Bertz CT molecular complexity index is 711. The summed E-state index contributed by atoms with van der Waals surface area (Å²) in [5.41, 5.74) is 1.55. The molecule has 0 unspecified atom stereocenters. The number of aromatic nitrogens is 2. The van der Waals surface area contributed by atoms with Gasteiger partial charge in [0.2, 0.25) is 0 Å². The predicted molar refractivity (Wildman–Crippen MR) is 88.9 cm³/mol. The smallest absolute Gasteiger partial charge is 0.307 e. The number of imidazole rings is 1. The molecule has 2 rings (SSSR count). The second kappa shape index (κ2) is 8.33. The number of nitrogens with zero attached hydrogens (tertiary/aromatic N) is 3. The monoisotopic (exact) mass is 333 g/mol. The number of carbonyl (C=O) groups excluding carboxylic acids is 2. The van der Waals surface area contributed by atoms with Crippen LogP contribution in [-0.4, -0.2) is 52.5 Å². The summed E-state index contributed by atoms with van der Waals surface area (Å²) in [6.45, 7) is 6.60. The number of carbonyl (C=O) groups is 2. The highest BCUT2D eigenvalue weighted by Crippen LogP contribution is 2.18. The lowest BCUT2D eigenvalue weighted by atomic mass is 10.3. The molecule has 2 aromatic rings. The van der Waals surface area contributed by atoms with Gasteiger partial charge in [-0.1, -0.05) is 0 Å². The Balaban J connectivity index is 1.93. The van der Waals surface area contributed by atoms with Gasteiger partial charge < -0.3 is 18.8 Å². The minimum absolute atomic E-state index is 0.0950. The molecule has 0 spiro atoms. The average Bonchev–Trinajstić information content (AvgIpc) is 2.94. The maximum absolute atomic E-state index is 12.3. The van der Waals surface area contributed by atoms with Crippen LogP contribution in [0.4, 0.5) is 0 Å². The van der Waals surface area contributed by atoms with E-state index in [1.807, 2.05) is 36.7 Å². The van der Waals surface area contributed by atoms with E-state index in [1.54, 1.807) is 17.9 Å². The summed E-state index contributed by atoms with van der Waals surface area (Å²) in [6, 6.07) is 3.62. The van der Waals surface area contributed by atoms with Crippen molar-refractivity contribution in [2.75, 3.05) is 26.3 Å². The predicted octanol–water partition coefficient (Wildman–Crippen LogP) is 1.82. The van der Waals surface area contributed by atoms with Crippen molar-refractivity contribution in [1.82, 2.24) is 14.3 Å². The molecule has 0 fully saturated rings. The first-order chi connectivity index (χ1) is 11.5. The Morgan fingerprint density at radius 1 is 1.33 bits per heavy atom. The van der Waals surface area contributed by atoms with Gasteiger partial charge in [0.05, 0.1) is 18.7 Å². The van der Waals surface area contributed by atoms with E-state index < -0.39 is 0 Å². The molecular weight excluding hydrogens is 310 g/mol. The molecule has 1 amide bonds. The van der Waals surface area contributed by atoms with Gasteiger partial charge in [-0.05, 0) is 32.9 Å². The molecule has 130 valence electrons. The summed E-state index contributed by atoms with van der Waals surface area (Å²) >= 11 is 0. The Kier molecular flexibility index (Phi) is 6.17. The van der Waals surface area contributed by atoms with Crippen molar-refractivity contribution < 1.29 is 19.1 Å². The second-order valence-electron chi connectivity index (χ2n) is 5.30. The summed E-state index contributed by atoms with van der Waals surface area (Å²) in [7, 11) is 0. The lowest BCUT2D eigenvalue weighted by Gasteiger charge is -2.20. The molecule has 0 saturated heterocycles. The second-order valence-corrected chi connectivity index (χ2v) is 5.30. The van der Waals surface area contributed by atoms with Gasteiger partial charge in [0, 0.05) is 25.5 Å². The van der Waals surface area contributed by atoms with E-state index in [4.69, 9.17) is 9.47 Å². The van der Waals surface area contributed by atoms with Gasteiger partial charge in [-0.25, -0.2) is 4.98 Å². The van der Waals surface area contributed by atoms with Crippen LogP contribution in [0.15, 0.2) is 24.5 Å². The van der Waals surface area contributed by atoms with Crippen molar-refractivity contribution in [3.05, 3.63) is 30.2 Å². The number of amides is 1. The number of rotatable bonds is 8. The van der Waals surface area contributed by atoms with Gasteiger partial charge in [-0.2, -0.15) is 0 Å². The van der Waals surface area contributed by atoms with Crippen molar-refractivity contribution in [1.29, 1.82) is 0 Å². The molecule has 0 aliphatic heterocycles. The molecule has 0 saturated carbocycles. The normalized spacial score (nSPS) is 10.6. The van der Waals surface area contributed by atoms with Crippen LogP contribution in [0.5, 0.6) is 5.75 Å². The topological polar surface area (TPSA) is 73.1 Å². The number of ether oxygens (including phenoxy) is 2. The lowest BCUT2D eigenvalue weighted by molar-refractivity contribution is -0.144. The van der Waals surface area contributed by atoms with E-state index in [-0.39, 0.29) is 24.9 Å². The minimum atomic E-state index is -0.303. The third-order valence-corrected chi connectivity index (χ3v) is 3.54. The van der Waals surface area contributed by atoms with Crippen LogP contribution < -0.4 is 4.74 Å². The van der Waals surface area contributed by atoms with E-state index in [9.17, 15) is 9.59 Å². The molecule has 2 heterocycles. The summed E-state index contributed by atoms with van der Waals surface area (Å²) in [6.07, 6.45) is 3.95. The van der Waals surface area contributed by atoms with Crippen molar-refractivity contribution in [3.8, 4) is 5.75 Å². The number of hydrogen-bond donors (Lipinski definition) is 0. The highest BCUT2D eigenvalue weighted by Gasteiger charge is 2.15. The molecule has 7 nitrogen and oxygen atoms in total. The fourth-order valence-electron chi connectivity index (χ4n) is 2.37. The average molecular weight is 333 g/mol. The first-order valence-corrected chi connectivity index (χ1v) is 8.05. The Labute approximate surface area is 141 Å². The summed E-state index contributed by atoms with van der Waals surface area (Å²) in [5.74, 6) is 0.0785. The Morgan fingerprint density at radius 3 is 2.83 bits per heavy atom. The molecule has 0 radical (unpaired) electrons. The first-order valence-electron chi connectivity index (χ1n) is 8.05. The van der Waals surface area contributed by atoms with Crippen molar-refractivity contribution in [3.63, 3.8) is 0 Å². The molecule has 24 heavy (non-hydrogen) atoms. The van der Waals surface area contributed by atoms with E-state index >= 15 is 0 Å².